The molecule has 0 bridgehead atoms. The number of para-hydroxylation sites is 2. The normalized spacial score (nSPS) is 11.5. The molecular formula is C14H18N4O. The van der Waals surface area contributed by atoms with Crippen molar-refractivity contribution in [2.45, 2.75) is 26.7 Å². The number of nitrogens with one attached hydrogen (secondary N) is 1. The first kappa shape index (κ1) is 13.3. The summed E-state index contributed by atoms with van der Waals surface area (Å²) in [6, 6.07) is 7.86. The number of aromatic nitrogens is 2. The van der Waals surface area contributed by atoms with Crippen LogP contribution in [0.25, 0.3) is 0 Å². The van der Waals surface area contributed by atoms with Crippen LogP contribution < -0.4 is 16.2 Å². The molecule has 1 aromatic heterocycles. The number of nitrogens with zero attached hydrogens (tertiary/aromatic N) is 2. The number of hydrogen-bond acceptors (Lipinski definition) is 5. The van der Waals surface area contributed by atoms with Crippen molar-refractivity contribution >= 4 is 11.4 Å². The van der Waals surface area contributed by atoms with Crippen LogP contribution in [-0.4, -0.2) is 9.97 Å². The highest BCUT2D eigenvalue weighted by atomic mass is 16.5. The van der Waals surface area contributed by atoms with Gasteiger partial charge in [-0.05, 0) is 18.6 Å². The van der Waals surface area contributed by atoms with Gasteiger partial charge in [0.1, 0.15) is 11.5 Å². The summed E-state index contributed by atoms with van der Waals surface area (Å²) in [4.78, 5) is 8.99. The average molecular weight is 258 g/mol. The fraction of sp³-hybridized carbons (Fsp3) is 0.286. The molecule has 5 heteroatoms. The first-order valence-electron chi connectivity index (χ1n) is 6.25. The molecule has 0 aliphatic carbocycles. The molecule has 19 heavy (non-hydrogen) atoms. The van der Waals surface area contributed by atoms with Crippen LogP contribution in [0.2, 0.25) is 0 Å². The zero-order valence-corrected chi connectivity index (χ0v) is 11.2. The number of fused-ring (bicyclic) bond motifs is 2. The van der Waals surface area contributed by atoms with Gasteiger partial charge in [0.05, 0.1) is 11.4 Å². The maximum absolute atomic E-state index is 5.85. The van der Waals surface area contributed by atoms with Crippen molar-refractivity contribution in [3.05, 3.63) is 35.8 Å². The maximum atomic E-state index is 5.85. The number of rotatable bonds is 2. The van der Waals surface area contributed by atoms with Crippen molar-refractivity contribution in [3.8, 4) is 11.6 Å². The number of benzene rings is 1. The predicted molar refractivity (Wildman–Crippen MR) is 75.6 cm³/mol. The minimum atomic E-state index is 0. The summed E-state index contributed by atoms with van der Waals surface area (Å²) in [6.07, 6.45) is 1.67. The predicted octanol–water partition coefficient (Wildman–Crippen LogP) is 3.61. The molecule has 100 valence electrons. The Bertz CT molecular complexity index is 598. The first-order chi connectivity index (χ1) is 8.81. The molecule has 0 unspecified atom stereocenters. The SMILES string of the molecule is CCc1nc(CC)c2c(n1)Oc1ccccc1N2.N. The second-order valence-corrected chi connectivity index (χ2v) is 4.20. The lowest BCUT2D eigenvalue weighted by Crippen LogP contribution is -2.10. The van der Waals surface area contributed by atoms with E-state index in [9.17, 15) is 0 Å². The molecule has 4 N–H and O–H groups in total. The summed E-state index contributed by atoms with van der Waals surface area (Å²) in [5.74, 6) is 2.27. The zero-order valence-electron chi connectivity index (χ0n) is 11.2. The number of ether oxygens (including phenoxy) is 1. The second kappa shape index (κ2) is 5.24. The van der Waals surface area contributed by atoms with Gasteiger partial charge in [-0.15, -0.1) is 0 Å². The lowest BCUT2D eigenvalue weighted by molar-refractivity contribution is 0.456. The third-order valence-corrected chi connectivity index (χ3v) is 3.00. The summed E-state index contributed by atoms with van der Waals surface area (Å²) in [7, 11) is 0. The Morgan fingerprint density at radius 3 is 2.63 bits per heavy atom. The van der Waals surface area contributed by atoms with Gasteiger partial charge in [0.2, 0.25) is 5.88 Å². The third kappa shape index (κ3) is 2.24. The monoisotopic (exact) mass is 258 g/mol. The number of hydrogen-bond donors (Lipinski definition) is 2. The molecule has 0 saturated heterocycles. The summed E-state index contributed by atoms with van der Waals surface area (Å²) in [5.41, 5.74) is 2.87. The molecule has 0 fully saturated rings. The first-order valence-corrected chi connectivity index (χ1v) is 6.25. The third-order valence-electron chi connectivity index (χ3n) is 3.00. The van der Waals surface area contributed by atoms with Crippen LogP contribution in [0.4, 0.5) is 11.4 Å². The van der Waals surface area contributed by atoms with E-state index >= 15 is 0 Å². The largest absolute Gasteiger partial charge is 0.435 e. The minimum absolute atomic E-state index is 0. The van der Waals surface area contributed by atoms with Gasteiger partial charge in [-0.1, -0.05) is 26.0 Å². The van der Waals surface area contributed by atoms with Crippen molar-refractivity contribution in [1.29, 1.82) is 0 Å². The van der Waals surface area contributed by atoms with Gasteiger partial charge in [0.25, 0.3) is 0 Å². The Balaban J connectivity index is 0.00000133. The fourth-order valence-corrected chi connectivity index (χ4v) is 2.04. The topological polar surface area (TPSA) is 82.0 Å². The van der Waals surface area contributed by atoms with Crippen LogP contribution in [0.3, 0.4) is 0 Å². The molecule has 3 rings (SSSR count). The number of aryl methyl sites for hydroxylation is 2. The highest BCUT2D eigenvalue weighted by molar-refractivity contribution is 5.75. The Morgan fingerprint density at radius 1 is 1.11 bits per heavy atom. The Hall–Kier alpha value is -2.14. The fourth-order valence-electron chi connectivity index (χ4n) is 2.04. The van der Waals surface area contributed by atoms with E-state index < -0.39 is 0 Å². The Kier molecular flexibility index (Phi) is 3.66. The van der Waals surface area contributed by atoms with E-state index in [4.69, 9.17) is 4.74 Å². The highest BCUT2D eigenvalue weighted by Crippen LogP contribution is 2.41. The van der Waals surface area contributed by atoms with Gasteiger partial charge in [0.15, 0.2) is 5.75 Å². The minimum Gasteiger partial charge on any atom is -0.435 e. The van der Waals surface area contributed by atoms with Crippen molar-refractivity contribution in [1.82, 2.24) is 16.1 Å². The molecular weight excluding hydrogens is 240 g/mol. The van der Waals surface area contributed by atoms with Gasteiger partial charge in [0, 0.05) is 6.42 Å². The molecule has 0 amide bonds. The van der Waals surface area contributed by atoms with E-state index in [1.807, 2.05) is 31.2 Å². The molecule has 0 saturated carbocycles. The van der Waals surface area contributed by atoms with Crippen molar-refractivity contribution in [2.75, 3.05) is 5.32 Å². The molecule has 5 nitrogen and oxygen atoms in total. The van der Waals surface area contributed by atoms with Gasteiger partial charge in [-0.25, -0.2) is 4.98 Å². The molecule has 1 aliphatic heterocycles. The van der Waals surface area contributed by atoms with E-state index in [1.54, 1.807) is 0 Å². The zero-order chi connectivity index (χ0) is 12.5. The maximum Gasteiger partial charge on any atom is 0.247 e. The van der Waals surface area contributed by atoms with Gasteiger partial charge in [-0.3, -0.25) is 0 Å². The van der Waals surface area contributed by atoms with Gasteiger partial charge < -0.3 is 16.2 Å². The van der Waals surface area contributed by atoms with Crippen LogP contribution in [0.1, 0.15) is 25.4 Å². The van der Waals surface area contributed by atoms with Crippen LogP contribution in [0.5, 0.6) is 11.6 Å². The lowest BCUT2D eigenvalue weighted by atomic mass is 10.2. The van der Waals surface area contributed by atoms with E-state index in [-0.39, 0.29) is 6.15 Å². The highest BCUT2D eigenvalue weighted by Gasteiger charge is 2.21. The molecule has 0 spiro atoms. The summed E-state index contributed by atoms with van der Waals surface area (Å²) in [6.45, 7) is 4.13. The van der Waals surface area contributed by atoms with E-state index in [0.29, 0.717) is 5.88 Å². The molecule has 0 atom stereocenters. The summed E-state index contributed by atoms with van der Waals surface area (Å²) >= 11 is 0. The smallest absolute Gasteiger partial charge is 0.247 e. The second-order valence-electron chi connectivity index (χ2n) is 4.20. The standard InChI is InChI=1S/C14H15N3O.H3N/c1-3-9-13-14(17-12(4-2)15-9)18-11-8-6-5-7-10(11)16-13;/h5-8,16H,3-4H2,1-2H3;1H3. The number of anilines is 2. The van der Waals surface area contributed by atoms with Crippen LogP contribution in [-0.2, 0) is 12.8 Å². The lowest BCUT2D eigenvalue weighted by Gasteiger charge is -2.22. The summed E-state index contributed by atoms with van der Waals surface area (Å²) in [5, 5.41) is 3.36. The van der Waals surface area contributed by atoms with Crippen molar-refractivity contribution in [2.24, 2.45) is 0 Å². The van der Waals surface area contributed by atoms with E-state index in [0.717, 1.165) is 41.5 Å². The van der Waals surface area contributed by atoms with E-state index in [2.05, 4.69) is 22.2 Å². The van der Waals surface area contributed by atoms with Crippen molar-refractivity contribution in [3.63, 3.8) is 0 Å². The average Bonchev–Trinajstić information content (AvgIpc) is 2.43. The quantitative estimate of drug-likeness (QED) is 0.733. The van der Waals surface area contributed by atoms with Crippen LogP contribution in [0.15, 0.2) is 24.3 Å². The molecule has 0 radical (unpaired) electrons. The van der Waals surface area contributed by atoms with Gasteiger partial charge in [-0.2, -0.15) is 4.98 Å². The molecule has 1 aromatic carbocycles. The Labute approximate surface area is 112 Å². The Morgan fingerprint density at radius 2 is 1.89 bits per heavy atom. The van der Waals surface area contributed by atoms with Crippen LogP contribution in [0, 0.1) is 0 Å². The van der Waals surface area contributed by atoms with Gasteiger partial charge >= 0.3 is 0 Å². The molecule has 2 aromatic rings. The molecule has 2 heterocycles. The molecule has 1 aliphatic rings. The summed E-state index contributed by atoms with van der Waals surface area (Å²) < 4.78 is 5.85. The van der Waals surface area contributed by atoms with Crippen molar-refractivity contribution < 1.29 is 4.74 Å². The van der Waals surface area contributed by atoms with Crippen LogP contribution >= 0.6 is 0 Å². The van der Waals surface area contributed by atoms with E-state index in [1.165, 1.54) is 0 Å².